The van der Waals surface area contributed by atoms with Crippen molar-refractivity contribution in [3.05, 3.63) is 35.5 Å². The highest BCUT2D eigenvalue weighted by Crippen LogP contribution is 2.50. The molecule has 3 heteroatoms. The Labute approximate surface area is 131 Å². The average molecular weight is 296 g/mol. The molecule has 3 fully saturated rings. The van der Waals surface area contributed by atoms with Gasteiger partial charge in [0.15, 0.2) is 0 Å². The van der Waals surface area contributed by atoms with Crippen molar-refractivity contribution in [3.63, 3.8) is 0 Å². The second kappa shape index (κ2) is 4.59. The van der Waals surface area contributed by atoms with Gasteiger partial charge in [-0.2, -0.15) is 0 Å². The molecule has 6 rings (SSSR count). The van der Waals surface area contributed by atoms with Gasteiger partial charge in [-0.3, -0.25) is 4.90 Å². The molecule has 3 aliphatic heterocycles. The molecule has 1 unspecified atom stereocenters. The molecular weight excluding hydrogens is 272 g/mol. The van der Waals surface area contributed by atoms with Gasteiger partial charge in [0.2, 0.25) is 0 Å². The topological polar surface area (TPSA) is 39.3 Å². The number of fused-ring (bicyclic) bond motifs is 4. The van der Waals surface area contributed by atoms with Gasteiger partial charge in [0.25, 0.3) is 0 Å². The van der Waals surface area contributed by atoms with Gasteiger partial charge < -0.3 is 10.1 Å². The SMILES string of the molecule is C[C@H](O)[C@H]1C[C@@H]2C[C@H]3c4[nH]c5ccccc5c4CCN(C2)[C@@H]13. The summed E-state index contributed by atoms with van der Waals surface area (Å²) in [6, 6.07) is 9.27. The molecule has 4 heterocycles. The molecule has 0 radical (unpaired) electrons. The second-order valence-electron chi connectivity index (χ2n) is 7.65. The van der Waals surface area contributed by atoms with E-state index in [2.05, 4.69) is 34.1 Å². The summed E-state index contributed by atoms with van der Waals surface area (Å²) in [4.78, 5) is 6.43. The standard InChI is InChI=1S/C19H24N2O/c1-11(22)15-8-12-9-16-18-14(6-7-21(10-12)19(15)16)13-4-2-3-5-17(13)20-18/h2-5,11-12,15-16,19-20,22H,6-10H2,1H3/t11-,12+,15+,16-,19-/m0/s1. The van der Waals surface area contributed by atoms with Gasteiger partial charge in [-0.25, -0.2) is 0 Å². The third-order valence-corrected chi connectivity index (χ3v) is 6.44. The third-order valence-electron chi connectivity index (χ3n) is 6.44. The first kappa shape index (κ1) is 13.1. The second-order valence-corrected chi connectivity index (χ2v) is 7.65. The lowest BCUT2D eigenvalue weighted by molar-refractivity contribution is -0.0580. The van der Waals surface area contributed by atoms with Crippen LogP contribution in [-0.2, 0) is 6.42 Å². The van der Waals surface area contributed by atoms with E-state index in [0.29, 0.717) is 17.9 Å². The minimum atomic E-state index is -0.191. The van der Waals surface area contributed by atoms with Crippen molar-refractivity contribution in [3.8, 4) is 0 Å². The number of hydrogen-bond donors (Lipinski definition) is 2. The Morgan fingerprint density at radius 2 is 2.14 bits per heavy atom. The van der Waals surface area contributed by atoms with E-state index in [1.54, 1.807) is 5.56 Å². The number of nitrogens with one attached hydrogen (secondary N) is 1. The van der Waals surface area contributed by atoms with Crippen molar-refractivity contribution < 1.29 is 5.11 Å². The van der Waals surface area contributed by atoms with Crippen molar-refractivity contribution in [2.45, 2.75) is 44.2 Å². The highest BCUT2D eigenvalue weighted by Gasteiger charge is 2.50. The molecule has 2 N–H and O–H groups in total. The summed E-state index contributed by atoms with van der Waals surface area (Å²) >= 11 is 0. The van der Waals surface area contributed by atoms with Gasteiger partial charge in [-0.15, -0.1) is 0 Å². The molecule has 1 aliphatic carbocycles. The van der Waals surface area contributed by atoms with Crippen LogP contribution in [0.4, 0.5) is 0 Å². The number of para-hydroxylation sites is 1. The number of piperidine rings is 2. The van der Waals surface area contributed by atoms with Gasteiger partial charge in [-0.1, -0.05) is 18.2 Å². The summed E-state index contributed by atoms with van der Waals surface area (Å²) in [6.07, 6.45) is 3.46. The maximum absolute atomic E-state index is 10.3. The smallest absolute Gasteiger partial charge is 0.0555 e. The van der Waals surface area contributed by atoms with Gasteiger partial charge in [-0.05, 0) is 43.7 Å². The van der Waals surface area contributed by atoms with E-state index in [9.17, 15) is 5.11 Å². The molecule has 6 atom stereocenters. The first-order chi connectivity index (χ1) is 10.7. The molecule has 4 aliphatic rings. The summed E-state index contributed by atoms with van der Waals surface area (Å²) < 4.78 is 0. The number of aliphatic hydroxyl groups is 1. The van der Waals surface area contributed by atoms with Crippen molar-refractivity contribution in [2.24, 2.45) is 11.8 Å². The molecule has 1 aromatic heterocycles. The number of hydrogen-bond acceptors (Lipinski definition) is 2. The fourth-order valence-electron chi connectivity index (χ4n) is 5.62. The van der Waals surface area contributed by atoms with E-state index in [1.165, 1.54) is 36.0 Å². The van der Waals surface area contributed by atoms with Gasteiger partial charge in [0, 0.05) is 47.6 Å². The van der Waals surface area contributed by atoms with Crippen LogP contribution in [0.5, 0.6) is 0 Å². The Morgan fingerprint density at radius 3 is 3.00 bits per heavy atom. The first-order valence-corrected chi connectivity index (χ1v) is 8.74. The molecular formula is C19H24N2O. The van der Waals surface area contributed by atoms with Gasteiger partial charge in [0.05, 0.1) is 6.10 Å². The van der Waals surface area contributed by atoms with Crippen molar-refractivity contribution >= 4 is 10.9 Å². The summed E-state index contributed by atoms with van der Waals surface area (Å²) in [5.74, 6) is 1.78. The number of aromatic amines is 1. The molecule has 0 amide bonds. The maximum atomic E-state index is 10.3. The van der Waals surface area contributed by atoms with Crippen LogP contribution in [0.15, 0.2) is 24.3 Å². The summed E-state index contributed by atoms with van der Waals surface area (Å²) in [5, 5.41) is 11.7. The van der Waals surface area contributed by atoms with Crippen LogP contribution in [0.25, 0.3) is 10.9 Å². The number of aliphatic hydroxyl groups excluding tert-OH is 1. The fourth-order valence-corrected chi connectivity index (χ4v) is 5.62. The minimum Gasteiger partial charge on any atom is -0.393 e. The molecule has 1 saturated carbocycles. The number of rotatable bonds is 1. The fraction of sp³-hybridized carbons (Fsp3) is 0.579. The van der Waals surface area contributed by atoms with E-state index >= 15 is 0 Å². The monoisotopic (exact) mass is 296 g/mol. The van der Waals surface area contributed by atoms with Crippen LogP contribution in [0.1, 0.15) is 36.9 Å². The normalized spacial score (nSPS) is 37.8. The molecule has 2 saturated heterocycles. The molecule has 3 nitrogen and oxygen atoms in total. The third kappa shape index (κ3) is 1.70. The van der Waals surface area contributed by atoms with E-state index < -0.39 is 0 Å². The van der Waals surface area contributed by atoms with E-state index in [0.717, 1.165) is 18.9 Å². The van der Waals surface area contributed by atoms with Crippen LogP contribution in [0.2, 0.25) is 0 Å². The van der Waals surface area contributed by atoms with E-state index in [4.69, 9.17) is 0 Å². The Hall–Kier alpha value is -1.32. The highest BCUT2D eigenvalue weighted by atomic mass is 16.3. The van der Waals surface area contributed by atoms with Crippen LogP contribution >= 0.6 is 0 Å². The highest BCUT2D eigenvalue weighted by molar-refractivity contribution is 5.85. The Bertz CT molecular complexity index is 719. The zero-order valence-corrected chi connectivity index (χ0v) is 13.1. The van der Waals surface area contributed by atoms with Crippen LogP contribution < -0.4 is 0 Å². The minimum absolute atomic E-state index is 0.191. The van der Waals surface area contributed by atoms with Crippen LogP contribution in [0, 0.1) is 11.8 Å². The molecule has 116 valence electrons. The number of benzene rings is 1. The summed E-state index contributed by atoms with van der Waals surface area (Å²) in [7, 11) is 0. The molecule has 0 spiro atoms. The summed E-state index contributed by atoms with van der Waals surface area (Å²) in [5.41, 5.74) is 4.31. The average Bonchev–Trinajstić information content (AvgIpc) is 2.86. The van der Waals surface area contributed by atoms with Crippen molar-refractivity contribution in [1.82, 2.24) is 9.88 Å². The lowest BCUT2D eigenvalue weighted by Gasteiger charge is -2.54. The zero-order valence-electron chi connectivity index (χ0n) is 13.1. The predicted molar refractivity (Wildman–Crippen MR) is 88.0 cm³/mol. The van der Waals surface area contributed by atoms with Gasteiger partial charge >= 0.3 is 0 Å². The number of aromatic nitrogens is 1. The van der Waals surface area contributed by atoms with E-state index in [-0.39, 0.29) is 6.10 Å². The van der Waals surface area contributed by atoms with Crippen LogP contribution in [0.3, 0.4) is 0 Å². The quantitative estimate of drug-likeness (QED) is 0.849. The van der Waals surface area contributed by atoms with Crippen molar-refractivity contribution in [1.29, 1.82) is 0 Å². The molecule has 22 heavy (non-hydrogen) atoms. The molecule has 2 aromatic rings. The lowest BCUT2D eigenvalue weighted by atomic mass is 9.64. The Balaban J connectivity index is 1.67. The maximum Gasteiger partial charge on any atom is 0.0555 e. The number of H-pyrrole nitrogens is 1. The Kier molecular flexibility index (Phi) is 2.74. The molecule has 4 bridgehead atoms. The largest absolute Gasteiger partial charge is 0.393 e. The van der Waals surface area contributed by atoms with Crippen LogP contribution in [-0.4, -0.2) is 40.2 Å². The Morgan fingerprint density at radius 1 is 1.27 bits per heavy atom. The van der Waals surface area contributed by atoms with Crippen molar-refractivity contribution in [2.75, 3.05) is 13.1 Å². The number of nitrogens with zero attached hydrogens (tertiary/aromatic N) is 1. The van der Waals surface area contributed by atoms with E-state index in [1.807, 2.05) is 6.92 Å². The first-order valence-electron chi connectivity index (χ1n) is 8.74. The lowest BCUT2D eigenvalue weighted by Crippen LogP contribution is -2.58. The predicted octanol–water partition coefficient (Wildman–Crippen LogP) is 2.90. The molecule has 1 aromatic carbocycles. The van der Waals surface area contributed by atoms with Gasteiger partial charge in [0.1, 0.15) is 0 Å². The zero-order chi connectivity index (χ0) is 14.8. The summed E-state index contributed by atoms with van der Waals surface area (Å²) in [6.45, 7) is 4.38.